The number of nitrogens with one attached hydrogen (secondary N) is 2. The molecule has 1 heterocycles. The standard InChI is InChI=1S/C18H17BrN4O2/c1-11(2)16-21-15-9-8-12(19)10-14(15)17(24)23(16)22-18(25)20-13-6-4-3-5-7-13/h3-11H,1-2H3,(H2,20,22,25). The fourth-order valence-corrected chi connectivity index (χ4v) is 2.81. The van der Waals surface area contributed by atoms with Crippen molar-refractivity contribution in [2.75, 3.05) is 10.7 Å². The number of carbonyl (C=O) groups excluding carboxylic acids is 1. The molecule has 0 bridgehead atoms. The lowest BCUT2D eigenvalue weighted by Crippen LogP contribution is -2.38. The zero-order chi connectivity index (χ0) is 18.0. The topological polar surface area (TPSA) is 76.0 Å². The molecule has 3 aromatic rings. The summed E-state index contributed by atoms with van der Waals surface area (Å²) >= 11 is 3.36. The minimum atomic E-state index is -0.508. The molecule has 2 amide bonds. The minimum absolute atomic E-state index is 0.0437. The van der Waals surface area contributed by atoms with E-state index in [1.54, 1.807) is 24.3 Å². The lowest BCUT2D eigenvalue weighted by Gasteiger charge is -2.17. The Balaban J connectivity index is 2.01. The summed E-state index contributed by atoms with van der Waals surface area (Å²) in [6, 6.07) is 13.8. The molecule has 1 aromatic heterocycles. The van der Waals surface area contributed by atoms with Gasteiger partial charge in [0.15, 0.2) is 0 Å². The molecule has 2 N–H and O–H groups in total. The first kappa shape index (κ1) is 17.2. The van der Waals surface area contributed by atoms with Crippen LogP contribution in [0.15, 0.2) is 57.8 Å². The maximum Gasteiger partial charge on any atom is 0.338 e. The Morgan fingerprint density at radius 1 is 1.16 bits per heavy atom. The molecule has 0 aliphatic rings. The number of benzene rings is 2. The van der Waals surface area contributed by atoms with Crippen LogP contribution in [-0.2, 0) is 0 Å². The summed E-state index contributed by atoms with van der Waals surface area (Å²) in [6.45, 7) is 3.83. The van der Waals surface area contributed by atoms with Gasteiger partial charge >= 0.3 is 6.03 Å². The SMILES string of the molecule is CC(C)c1nc2ccc(Br)cc2c(=O)n1NC(=O)Nc1ccccc1. The van der Waals surface area contributed by atoms with Crippen LogP contribution < -0.4 is 16.3 Å². The smallest absolute Gasteiger partial charge is 0.307 e. The maximum atomic E-state index is 12.9. The van der Waals surface area contributed by atoms with Crippen molar-refractivity contribution in [3.05, 3.63) is 69.2 Å². The van der Waals surface area contributed by atoms with E-state index in [1.807, 2.05) is 38.1 Å². The van der Waals surface area contributed by atoms with E-state index in [9.17, 15) is 9.59 Å². The molecule has 0 spiro atoms. The lowest BCUT2D eigenvalue weighted by atomic mass is 10.2. The molecular weight excluding hydrogens is 384 g/mol. The molecule has 0 aliphatic carbocycles. The highest BCUT2D eigenvalue weighted by Gasteiger charge is 2.16. The van der Waals surface area contributed by atoms with E-state index >= 15 is 0 Å². The first-order chi connectivity index (χ1) is 12.0. The molecule has 128 valence electrons. The zero-order valence-corrected chi connectivity index (χ0v) is 15.4. The van der Waals surface area contributed by atoms with Crippen LogP contribution >= 0.6 is 15.9 Å². The predicted octanol–water partition coefficient (Wildman–Crippen LogP) is 4.06. The second-order valence-corrected chi connectivity index (χ2v) is 6.77. The van der Waals surface area contributed by atoms with Gasteiger partial charge in [-0.15, -0.1) is 0 Å². The van der Waals surface area contributed by atoms with Crippen LogP contribution in [0.1, 0.15) is 25.6 Å². The number of urea groups is 1. The number of hydrogen-bond donors (Lipinski definition) is 2. The molecular formula is C18H17BrN4O2. The van der Waals surface area contributed by atoms with Crippen molar-refractivity contribution in [3.8, 4) is 0 Å². The third-order valence-corrected chi connectivity index (χ3v) is 4.11. The molecule has 0 saturated carbocycles. The summed E-state index contributed by atoms with van der Waals surface area (Å²) < 4.78 is 1.98. The summed E-state index contributed by atoms with van der Waals surface area (Å²) in [5, 5.41) is 3.13. The van der Waals surface area contributed by atoms with Crippen molar-refractivity contribution in [2.45, 2.75) is 19.8 Å². The first-order valence-corrected chi connectivity index (χ1v) is 8.60. The number of nitrogens with zero attached hydrogens (tertiary/aromatic N) is 2. The Kier molecular flexibility index (Phi) is 4.85. The van der Waals surface area contributed by atoms with Gasteiger partial charge in [-0.1, -0.05) is 48.0 Å². The molecule has 0 aliphatic heterocycles. The van der Waals surface area contributed by atoms with E-state index in [-0.39, 0.29) is 11.5 Å². The average molecular weight is 401 g/mol. The first-order valence-electron chi connectivity index (χ1n) is 7.81. The van der Waals surface area contributed by atoms with E-state index in [1.165, 1.54) is 4.68 Å². The van der Waals surface area contributed by atoms with Crippen molar-refractivity contribution < 1.29 is 4.79 Å². The number of fused-ring (bicyclic) bond motifs is 1. The van der Waals surface area contributed by atoms with E-state index in [0.29, 0.717) is 22.4 Å². The van der Waals surface area contributed by atoms with E-state index in [4.69, 9.17) is 0 Å². The molecule has 25 heavy (non-hydrogen) atoms. The van der Waals surface area contributed by atoms with Crippen LogP contribution in [0.25, 0.3) is 10.9 Å². The van der Waals surface area contributed by atoms with Crippen LogP contribution in [0.2, 0.25) is 0 Å². The van der Waals surface area contributed by atoms with Crippen molar-refractivity contribution >= 4 is 38.6 Å². The van der Waals surface area contributed by atoms with Gasteiger partial charge in [-0.2, -0.15) is 0 Å². The quantitative estimate of drug-likeness (QED) is 0.695. The van der Waals surface area contributed by atoms with Gasteiger partial charge in [0.05, 0.1) is 10.9 Å². The zero-order valence-electron chi connectivity index (χ0n) is 13.8. The maximum absolute atomic E-state index is 12.9. The number of amides is 2. The number of rotatable bonds is 3. The van der Waals surface area contributed by atoms with Gasteiger partial charge in [-0.3, -0.25) is 4.79 Å². The van der Waals surface area contributed by atoms with Crippen molar-refractivity contribution in [1.29, 1.82) is 0 Å². The average Bonchev–Trinajstić information content (AvgIpc) is 2.58. The van der Waals surface area contributed by atoms with E-state index in [2.05, 4.69) is 31.7 Å². The summed E-state index contributed by atoms with van der Waals surface area (Å²) in [7, 11) is 0. The Labute approximate surface area is 153 Å². The summed E-state index contributed by atoms with van der Waals surface area (Å²) in [5.74, 6) is 0.445. The summed E-state index contributed by atoms with van der Waals surface area (Å²) in [5.41, 5.74) is 3.51. The van der Waals surface area contributed by atoms with Gasteiger partial charge in [0.2, 0.25) is 0 Å². The van der Waals surface area contributed by atoms with Crippen LogP contribution in [-0.4, -0.2) is 15.7 Å². The number of aromatic nitrogens is 2. The van der Waals surface area contributed by atoms with Gasteiger partial charge in [0.25, 0.3) is 5.56 Å². The molecule has 7 heteroatoms. The normalized spacial score (nSPS) is 10.9. The Morgan fingerprint density at radius 3 is 2.56 bits per heavy atom. The van der Waals surface area contributed by atoms with Gasteiger partial charge in [-0.25, -0.2) is 19.9 Å². The van der Waals surface area contributed by atoms with Gasteiger partial charge < -0.3 is 5.32 Å². The van der Waals surface area contributed by atoms with E-state index < -0.39 is 6.03 Å². The highest BCUT2D eigenvalue weighted by molar-refractivity contribution is 9.10. The molecule has 3 rings (SSSR count). The summed E-state index contributed by atoms with van der Waals surface area (Å²) in [6.07, 6.45) is 0. The Hall–Kier alpha value is -2.67. The number of hydrogen-bond acceptors (Lipinski definition) is 3. The van der Waals surface area contributed by atoms with Gasteiger partial charge in [0.1, 0.15) is 5.82 Å². The van der Waals surface area contributed by atoms with Crippen LogP contribution in [0.5, 0.6) is 0 Å². The number of carbonyl (C=O) groups is 1. The number of anilines is 1. The van der Waals surface area contributed by atoms with Crippen LogP contribution in [0.3, 0.4) is 0 Å². The molecule has 0 unspecified atom stereocenters. The molecule has 2 aromatic carbocycles. The monoisotopic (exact) mass is 400 g/mol. The highest BCUT2D eigenvalue weighted by Crippen LogP contribution is 2.18. The minimum Gasteiger partial charge on any atom is -0.307 e. The molecule has 0 atom stereocenters. The third-order valence-electron chi connectivity index (χ3n) is 3.62. The third kappa shape index (κ3) is 3.71. The van der Waals surface area contributed by atoms with Crippen LogP contribution in [0, 0.1) is 0 Å². The van der Waals surface area contributed by atoms with Crippen molar-refractivity contribution in [3.63, 3.8) is 0 Å². The molecule has 6 nitrogen and oxygen atoms in total. The fraction of sp³-hybridized carbons (Fsp3) is 0.167. The van der Waals surface area contributed by atoms with Crippen LogP contribution in [0.4, 0.5) is 10.5 Å². The molecule has 0 fully saturated rings. The van der Waals surface area contributed by atoms with Gasteiger partial charge in [-0.05, 0) is 30.3 Å². The largest absolute Gasteiger partial charge is 0.338 e. The number of halogens is 1. The van der Waals surface area contributed by atoms with Gasteiger partial charge in [0, 0.05) is 16.1 Å². The second-order valence-electron chi connectivity index (χ2n) is 5.86. The van der Waals surface area contributed by atoms with E-state index in [0.717, 1.165) is 4.47 Å². The predicted molar refractivity (Wildman–Crippen MR) is 103 cm³/mol. The molecule has 0 radical (unpaired) electrons. The molecule has 0 saturated heterocycles. The van der Waals surface area contributed by atoms with Crippen molar-refractivity contribution in [1.82, 2.24) is 9.66 Å². The fourth-order valence-electron chi connectivity index (χ4n) is 2.45. The summed E-state index contributed by atoms with van der Waals surface area (Å²) in [4.78, 5) is 29.7. The lowest BCUT2D eigenvalue weighted by molar-refractivity contribution is 0.259. The number of para-hydroxylation sites is 1. The Morgan fingerprint density at radius 2 is 1.88 bits per heavy atom. The Bertz CT molecular complexity index is 984. The van der Waals surface area contributed by atoms with Crippen molar-refractivity contribution in [2.24, 2.45) is 0 Å². The second kappa shape index (κ2) is 7.06. The highest BCUT2D eigenvalue weighted by atomic mass is 79.9.